The highest BCUT2D eigenvalue weighted by molar-refractivity contribution is 7.89. The summed E-state index contributed by atoms with van der Waals surface area (Å²) in [6, 6.07) is 8.22. The molecule has 0 radical (unpaired) electrons. The third-order valence-corrected chi connectivity index (χ3v) is 4.21. The SMILES string of the molecule is Cc1ccc(CNS(=O)(=O)c2ccc(F)c(C#N)c2)cn1. The minimum absolute atomic E-state index is 0.0644. The molecular formula is C14H12FN3O2S. The number of pyridine rings is 1. The molecule has 7 heteroatoms. The van der Waals surface area contributed by atoms with Gasteiger partial charge in [0.1, 0.15) is 11.9 Å². The molecule has 0 aliphatic rings. The molecule has 0 saturated carbocycles. The van der Waals surface area contributed by atoms with Crippen LogP contribution in [0.2, 0.25) is 0 Å². The van der Waals surface area contributed by atoms with Gasteiger partial charge in [-0.25, -0.2) is 17.5 Å². The molecule has 1 N–H and O–H groups in total. The van der Waals surface area contributed by atoms with Crippen molar-refractivity contribution in [2.45, 2.75) is 18.4 Å². The Morgan fingerprint density at radius 3 is 2.71 bits per heavy atom. The predicted octanol–water partition coefficient (Wildman–Crippen LogP) is 1.88. The van der Waals surface area contributed by atoms with Gasteiger partial charge in [-0.2, -0.15) is 5.26 Å². The van der Waals surface area contributed by atoms with Crippen LogP contribution in [-0.2, 0) is 16.6 Å². The molecule has 0 unspecified atom stereocenters. The van der Waals surface area contributed by atoms with Crippen LogP contribution in [0.15, 0.2) is 41.4 Å². The third kappa shape index (κ3) is 3.62. The lowest BCUT2D eigenvalue weighted by atomic mass is 10.2. The van der Waals surface area contributed by atoms with Gasteiger partial charge in [0.2, 0.25) is 10.0 Å². The molecule has 5 nitrogen and oxygen atoms in total. The molecule has 1 heterocycles. The molecule has 0 atom stereocenters. The molecule has 2 rings (SSSR count). The van der Waals surface area contributed by atoms with Crippen molar-refractivity contribution in [1.82, 2.24) is 9.71 Å². The standard InChI is InChI=1S/C14H12FN3O2S/c1-10-2-3-11(8-17-10)9-18-21(19,20)13-4-5-14(15)12(6-13)7-16/h2-6,8,18H,9H2,1H3. The van der Waals surface area contributed by atoms with Crippen molar-refractivity contribution >= 4 is 10.0 Å². The van der Waals surface area contributed by atoms with E-state index >= 15 is 0 Å². The van der Waals surface area contributed by atoms with Crippen molar-refractivity contribution in [3.05, 3.63) is 59.2 Å². The monoisotopic (exact) mass is 305 g/mol. The molecule has 0 fully saturated rings. The Kier molecular flexibility index (Phi) is 4.31. The third-order valence-electron chi connectivity index (χ3n) is 2.81. The lowest BCUT2D eigenvalue weighted by molar-refractivity contribution is 0.580. The van der Waals surface area contributed by atoms with E-state index in [0.717, 1.165) is 23.9 Å². The Bertz CT molecular complexity index is 796. The van der Waals surface area contributed by atoms with E-state index in [1.54, 1.807) is 24.4 Å². The van der Waals surface area contributed by atoms with Gasteiger partial charge in [-0.15, -0.1) is 0 Å². The zero-order chi connectivity index (χ0) is 15.5. The van der Waals surface area contributed by atoms with Gasteiger partial charge in [0.15, 0.2) is 0 Å². The molecule has 0 aliphatic carbocycles. The van der Waals surface area contributed by atoms with E-state index in [1.807, 2.05) is 6.92 Å². The van der Waals surface area contributed by atoms with Gasteiger partial charge in [-0.05, 0) is 36.8 Å². The molecule has 0 aliphatic heterocycles. The van der Waals surface area contributed by atoms with Crippen LogP contribution in [0, 0.1) is 24.1 Å². The molecule has 0 bridgehead atoms. The summed E-state index contributed by atoms with van der Waals surface area (Å²) in [5.74, 6) is -0.751. The Morgan fingerprint density at radius 2 is 2.10 bits per heavy atom. The lowest BCUT2D eigenvalue weighted by Crippen LogP contribution is -2.23. The molecule has 0 amide bonds. The van der Waals surface area contributed by atoms with E-state index in [1.165, 1.54) is 0 Å². The van der Waals surface area contributed by atoms with Gasteiger partial charge in [0.25, 0.3) is 0 Å². The number of halogens is 1. The van der Waals surface area contributed by atoms with E-state index < -0.39 is 15.8 Å². The normalized spacial score (nSPS) is 11.1. The number of aryl methyl sites for hydroxylation is 1. The van der Waals surface area contributed by atoms with Crippen LogP contribution in [0.5, 0.6) is 0 Å². The molecular weight excluding hydrogens is 293 g/mol. The average molecular weight is 305 g/mol. The van der Waals surface area contributed by atoms with Crippen molar-refractivity contribution in [2.24, 2.45) is 0 Å². The van der Waals surface area contributed by atoms with E-state index in [-0.39, 0.29) is 17.0 Å². The minimum Gasteiger partial charge on any atom is -0.261 e. The predicted molar refractivity (Wildman–Crippen MR) is 74.1 cm³/mol. The van der Waals surface area contributed by atoms with Crippen molar-refractivity contribution in [2.75, 3.05) is 0 Å². The number of rotatable bonds is 4. The maximum Gasteiger partial charge on any atom is 0.240 e. The van der Waals surface area contributed by atoms with E-state index in [2.05, 4.69) is 9.71 Å². The number of sulfonamides is 1. The van der Waals surface area contributed by atoms with Gasteiger partial charge >= 0.3 is 0 Å². The van der Waals surface area contributed by atoms with Crippen LogP contribution in [0.3, 0.4) is 0 Å². The first kappa shape index (κ1) is 15.1. The topological polar surface area (TPSA) is 82.9 Å². The Labute approximate surface area is 122 Å². The average Bonchev–Trinajstić information content (AvgIpc) is 2.47. The van der Waals surface area contributed by atoms with Gasteiger partial charge in [-0.1, -0.05) is 6.07 Å². The largest absolute Gasteiger partial charge is 0.261 e. The summed E-state index contributed by atoms with van der Waals surface area (Å²) in [7, 11) is -3.81. The molecule has 1 aromatic carbocycles. The summed E-state index contributed by atoms with van der Waals surface area (Å²) in [6.45, 7) is 1.89. The molecule has 0 spiro atoms. The maximum atomic E-state index is 13.2. The van der Waals surface area contributed by atoms with Crippen LogP contribution in [0.25, 0.3) is 0 Å². The van der Waals surface area contributed by atoms with E-state index in [4.69, 9.17) is 5.26 Å². The fourth-order valence-corrected chi connectivity index (χ4v) is 2.67. The second-order valence-corrected chi connectivity index (χ2v) is 6.15. The quantitative estimate of drug-likeness (QED) is 0.935. The maximum absolute atomic E-state index is 13.2. The van der Waals surface area contributed by atoms with Crippen molar-refractivity contribution in [3.63, 3.8) is 0 Å². The lowest BCUT2D eigenvalue weighted by Gasteiger charge is -2.07. The first-order chi connectivity index (χ1) is 9.92. The second-order valence-electron chi connectivity index (χ2n) is 4.39. The summed E-state index contributed by atoms with van der Waals surface area (Å²) in [4.78, 5) is 3.91. The van der Waals surface area contributed by atoms with Gasteiger partial charge in [0.05, 0.1) is 10.5 Å². The summed E-state index contributed by atoms with van der Waals surface area (Å²) in [6.07, 6.45) is 1.57. The van der Waals surface area contributed by atoms with Crippen molar-refractivity contribution in [1.29, 1.82) is 5.26 Å². The molecule has 2 aromatic rings. The summed E-state index contributed by atoms with van der Waals surface area (Å²) < 4.78 is 39.8. The number of hydrogen-bond acceptors (Lipinski definition) is 4. The molecule has 21 heavy (non-hydrogen) atoms. The summed E-state index contributed by atoms with van der Waals surface area (Å²) in [5.41, 5.74) is 1.22. The Balaban J connectivity index is 2.19. The van der Waals surface area contributed by atoms with Crippen LogP contribution in [0.1, 0.15) is 16.8 Å². The zero-order valence-corrected chi connectivity index (χ0v) is 12.0. The van der Waals surface area contributed by atoms with Gasteiger partial charge in [0, 0.05) is 18.4 Å². The van der Waals surface area contributed by atoms with Crippen molar-refractivity contribution < 1.29 is 12.8 Å². The number of nitrogens with zero attached hydrogens (tertiary/aromatic N) is 2. The number of benzene rings is 1. The fourth-order valence-electron chi connectivity index (χ4n) is 1.62. The number of nitrogens with one attached hydrogen (secondary N) is 1. The first-order valence-corrected chi connectivity index (χ1v) is 7.51. The van der Waals surface area contributed by atoms with E-state index in [9.17, 15) is 12.8 Å². The highest BCUT2D eigenvalue weighted by Crippen LogP contribution is 2.14. The fraction of sp³-hybridized carbons (Fsp3) is 0.143. The van der Waals surface area contributed by atoms with Crippen LogP contribution >= 0.6 is 0 Å². The van der Waals surface area contributed by atoms with Crippen LogP contribution in [-0.4, -0.2) is 13.4 Å². The number of nitriles is 1. The second kappa shape index (κ2) is 5.99. The van der Waals surface area contributed by atoms with Gasteiger partial charge < -0.3 is 0 Å². The summed E-state index contributed by atoms with van der Waals surface area (Å²) in [5, 5.41) is 8.73. The molecule has 1 aromatic heterocycles. The zero-order valence-electron chi connectivity index (χ0n) is 11.2. The van der Waals surface area contributed by atoms with Gasteiger partial charge in [-0.3, -0.25) is 4.98 Å². The minimum atomic E-state index is -3.81. The summed E-state index contributed by atoms with van der Waals surface area (Å²) >= 11 is 0. The first-order valence-electron chi connectivity index (χ1n) is 6.03. The number of hydrogen-bond donors (Lipinski definition) is 1. The molecule has 108 valence electrons. The highest BCUT2D eigenvalue weighted by atomic mass is 32.2. The van der Waals surface area contributed by atoms with E-state index in [0.29, 0.717) is 5.56 Å². The Morgan fingerprint density at radius 1 is 1.33 bits per heavy atom. The van der Waals surface area contributed by atoms with Crippen molar-refractivity contribution in [3.8, 4) is 6.07 Å². The molecule has 0 saturated heterocycles. The number of aromatic nitrogens is 1. The smallest absolute Gasteiger partial charge is 0.240 e. The van der Waals surface area contributed by atoms with Crippen LogP contribution in [0.4, 0.5) is 4.39 Å². The highest BCUT2D eigenvalue weighted by Gasteiger charge is 2.16. The Hall–Kier alpha value is -2.30. The van der Waals surface area contributed by atoms with Crippen LogP contribution < -0.4 is 4.72 Å².